The van der Waals surface area contributed by atoms with Crippen molar-refractivity contribution in [3.63, 3.8) is 0 Å². The summed E-state index contributed by atoms with van der Waals surface area (Å²) in [7, 11) is 0. The number of aliphatic hydroxyl groups excluding tert-OH is 1. The number of nitrogens with zero attached hydrogens (tertiary/aromatic N) is 4. The Bertz CT molecular complexity index is 377. The molecule has 0 unspecified atom stereocenters. The minimum Gasteiger partial charge on any atom is -0.395 e. The van der Waals surface area contributed by atoms with Gasteiger partial charge in [-0.1, -0.05) is 0 Å². The van der Waals surface area contributed by atoms with Crippen molar-refractivity contribution in [2.24, 2.45) is 0 Å². The van der Waals surface area contributed by atoms with Crippen LogP contribution in [0.4, 0.5) is 17.3 Å². The summed E-state index contributed by atoms with van der Waals surface area (Å²) in [4.78, 5) is 12.3. The Morgan fingerprint density at radius 3 is 2.53 bits per heavy atom. The fraction of sp³-hybridized carbons (Fsp3) is 0.600. The summed E-state index contributed by atoms with van der Waals surface area (Å²) in [6, 6.07) is 0. The highest BCUT2D eigenvalue weighted by atomic mass is 16.3. The first-order valence-corrected chi connectivity index (χ1v) is 5.66. The van der Waals surface area contributed by atoms with Gasteiger partial charge in [-0.2, -0.15) is 0 Å². The van der Waals surface area contributed by atoms with Crippen molar-refractivity contribution in [3.8, 4) is 0 Å². The first-order chi connectivity index (χ1) is 8.22. The Labute approximate surface area is 100 Å². The van der Waals surface area contributed by atoms with Gasteiger partial charge in [0.05, 0.1) is 6.61 Å². The number of rotatable bonds is 3. The molecule has 0 radical (unpaired) electrons. The Morgan fingerprint density at radius 1 is 1.18 bits per heavy atom. The Balaban J connectivity index is 2.03. The monoisotopic (exact) mass is 238 g/mol. The predicted octanol–water partition coefficient (Wildman–Crippen LogP) is -1.24. The maximum atomic E-state index is 8.87. The number of anilines is 3. The van der Waals surface area contributed by atoms with E-state index in [0.29, 0.717) is 17.3 Å². The summed E-state index contributed by atoms with van der Waals surface area (Å²) < 4.78 is 0. The van der Waals surface area contributed by atoms with Gasteiger partial charge in [-0.3, -0.25) is 4.90 Å². The summed E-state index contributed by atoms with van der Waals surface area (Å²) in [6.45, 7) is 4.37. The SMILES string of the molecule is Nc1ncnc(N2CCN(CCO)CC2)c1N. The van der Waals surface area contributed by atoms with Crippen LogP contribution in [0.3, 0.4) is 0 Å². The van der Waals surface area contributed by atoms with E-state index in [1.807, 2.05) is 0 Å². The lowest BCUT2D eigenvalue weighted by Crippen LogP contribution is -2.47. The highest BCUT2D eigenvalue weighted by Crippen LogP contribution is 2.24. The number of hydrogen-bond donors (Lipinski definition) is 3. The topological polar surface area (TPSA) is 105 Å². The molecule has 0 aliphatic carbocycles. The minimum atomic E-state index is 0.197. The van der Waals surface area contributed by atoms with E-state index in [2.05, 4.69) is 19.8 Å². The molecule has 0 atom stereocenters. The number of hydrogen-bond acceptors (Lipinski definition) is 7. The van der Waals surface area contributed by atoms with Crippen molar-refractivity contribution in [1.82, 2.24) is 14.9 Å². The summed E-state index contributed by atoms with van der Waals surface area (Å²) in [5, 5.41) is 8.87. The zero-order valence-electron chi connectivity index (χ0n) is 9.71. The van der Waals surface area contributed by atoms with Gasteiger partial charge in [0.25, 0.3) is 0 Å². The Morgan fingerprint density at radius 2 is 1.88 bits per heavy atom. The lowest BCUT2D eigenvalue weighted by Gasteiger charge is -2.35. The van der Waals surface area contributed by atoms with E-state index in [0.717, 1.165) is 32.7 Å². The molecule has 1 fully saturated rings. The molecule has 5 N–H and O–H groups in total. The minimum absolute atomic E-state index is 0.197. The highest BCUT2D eigenvalue weighted by Gasteiger charge is 2.20. The van der Waals surface area contributed by atoms with Crippen LogP contribution in [0.25, 0.3) is 0 Å². The average Bonchev–Trinajstić information content (AvgIpc) is 2.34. The van der Waals surface area contributed by atoms with Gasteiger partial charge < -0.3 is 21.5 Å². The second-order valence-electron chi connectivity index (χ2n) is 4.05. The van der Waals surface area contributed by atoms with Gasteiger partial charge in [0.15, 0.2) is 11.6 Å². The quantitative estimate of drug-likeness (QED) is 0.604. The number of β-amino-alcohol motifs (C(OH)–C–C–N with tert-alkyl or cyclic N) is 1. The van der Waals surface area contributed by atoms with Crippen LogP contribution < -0.4 is 16.4 Å². The molecule has 1 aromatic rings. The lowest BCUT2D eigenvalue weighted by atomic mass is 10.3. The standard InChI is InChI=1S/C10H18N6O/c11-8-9(12)13-7-14-10(8)16-3-1-15(2-4-16)5-6-17/h7,17H,1-6,11H2,(H2,12,13,14). The third-order valence-corrected chi connectivity index (χ3v) is 2.98. The van der Waals surface area contributed by atoms with Crippen LogP contribution >= 0.6 is 0 Å². The molecule has 1 aliphatic rings. The molecule has 1 aliphatic heterocycles. The van der Waals surface area contributed by atoms with Gasteiger partial charge in [0, 0.05) is 32.7 Å². The molecule has 1 aromatic heterocycles. The smallest absolute Gasteiger partial charge is 0.157 e. The van der Waals surface area contributed by atoms with E-state index in [1.165, 1.54) is 6.33 Å². The van der Waals surface area contributed by atoms with Crippen LogP contribution in [0.5, 0.6) is 0 Å². The molecule has 1 saturated heterocycles. The van der Waals surface area contributed by atoms with E-state index in [4.69, 9.17) is 16.6 Å². The molecule has 2 rings (SSSR count). The van der Waals surface area contributed by atoms with E-state index in [-0.39, 0.29) is 6.61 Å². The molecule has 0 saturated carbocycles. The van der Waals surface area contributed by atoms with Crippen molar-refractivity contribution in [1.29, 1.82) is 0 Å². The third kappa shape index (κ3) is 2.56. The molecule has 2 heterocycles. The van der Waals surface area contributed by atoms with Crippen LogP contribution in [0.15, 0.2) is 6.33 Å². The number of nitrogen functional groups attached to an aromatic ring is 2. The fourth-order valence-corrected chi connectivity index (χ4v) is 1.98. The Kier molecular flexibility index (Phi) is 3.60. The molecule has 94 valence electrons. The van der Waals surface area contributed by atoms with Crippen LogP contribution in [0, 0.1) is 0 Å². The first kappa shape index (κ1) is 11.9. The van der Waals surface area contributed by atoms with Crippen LogP contribution in [0.1, 0.15) is 0 Å². The largest absolute Gasteiger partial charge is 0.395 e. The molecule has 0 aromatic carbocycles. The molecule has 7 heteroatoms. The van der Waals surface area contributed by atoms with Crippen molar-refractivity contribution in [2.45, 2.75) is 0 Å². The molecule has 0 spiro atoms. The summed E-state index contributed by atoms with van der Waals surface area (Å²) in [6.07, 6.45) is 1.43. The first-order valence-electron chi connectivity index (χ1n) is 5.66. The zero-order valence-corrected chi connectivity index (χ0v) is 9.71. The number of nitrogens with two attached hydrogens (primary N) is 2. The number of piperazine rings is 1. The Hall–Kier alpha value is -1.60. The third-order valence-electron chi connectivity index (χ3n) is 2.98. The van der Waals surface area contributed by atoms with E-state index < -0.39 is 0 Å². The lowest BCUT2D eigenvalue weighted by molar-refractivity contribution is 0.188. The van der Waals surface area contributed by atoms with Gasteiger partial charge in [0.2, 0.25) is 0 Å². The van der Waals surface area contributed by atoms with Crippen molar-refractivity contribution < 1.29 is 5.11 Å². The van der Waals surface area contributed by atoms with Gasteiger partial charge in [-0.15, -0.1) is 0 Å². The normalized spacial score (nSPS) is 17.4. The average molecular weight is 238 g/mol. The van der Waals surface area contributed by atoms with Crippen molar-refractivity contribution in [2.75, 3.05) is 55.7 Å². The summed E-state index contributed by atoms with van der Waals surface area (Å²) in [5.74, 6) is 1.04. The van der Waals surface area contributed by atoms with Crippen LogP contribution in [-0.4, -0.2) is 59.3 Å². The molecular formula is C10H18N6O. The number of aliphatic hydroxyl groups is 1. The molecule has 0 bridgehead atoms. The fourth-order valence-electron chi connectivity index (χ4n) is 1.98. The summed E-state index contributed by atoms with van der Waals surface area (Å²) in [5.41, 5.74) is 12.0. The van der Waals surface area contributed by atoms with Crippen molar-refractivity contribution >= 4 is 17.3 Å². The number of aromatic nitrogens is 2. The molecule has 0 amide bonds. The molecule has 17 heavy (non-hydrogen) atoms. The zero-order chi connectivity index (χ0) is 12.3. The molecule has 7 nitrogen and oxygen atoms in total. The molecular weight excluding hydrogens is 220 g/mol. The van der Waals surface area contributed by atoms with Gasteiger partial charge in [-0.05, 0) is 0 Å². The maximum absolute atomic E-state index is 8.87. The van der Waals surface area contributed by atoms with Crippen LogP contribution in [-0.2, 0) is 0 Å². The van der Waals surface area contributed by atoms with Crippen LogP contribution in [0.2, 0.25) is 0 Å². The maximum Gasteiger partial charge on any atom is 0.157 e. The van der Waals surface area contributed by atoms with Gasteiger partial charge in [0.1, 0.15) is 12.0 Å². The highest BCUT2D eigenvalue weighted by molar-refractivity contribution is 5.73. The van der Waals surface area contributed by atoms with Crippen molar-refractivity contribution in [3.05, 3.63) is 6.33 Å². The van der Waals surface area contributed by atoms with Gasteiger partial charge in [-0.25, -0.2) is 9.97 Å². The second kappa shape index (κ2) is 5.15. The van der Waals surface area contributed by atoms with E-state index >= 15 is 0 Å². The predicted molar refractivity (Wildman–Crippen MR) is 66.6 cm³/mol. The van der Waals surface area contributed by atoms with E-state index in [9.17, 15) is 0 Å². The van der Waals surface area contributed by atoms with E-state index in [1.54, 1.807) is 0 Å². The van der Waals surface area contributed by atoms with Gasteiger partial charge >= 0.3 is 0 Å². The second-order valence-corrected chi connectivity index (χ2v) is 4.05. The summed E-state index contributed by atoms with van der Waals surface area (Å²) >= 11 is 0.